The Balaban J connectivity index is 2.20. The summed E-state index contributed by atoms with van der Waals surface area (Å²) in [5.41, 5.74) is 0. The maximum Gasteiger partial charge on any atom is 0.304 e. The van der Waals surface area contributed by atoms with E-state index in [0.29, 0.717) is 10.2 Å². The van der Waals surface area contributed by atoms with Gasteiger partial charge in [-0.1, -0.05) is 0 Å². The van der Waals surface area contributed by atoms with E-state index >= 15 is 0 Å². The summed E-state index contributed by atoms with van der Waals surface area (Å²) in [6.07, 6.45) is 1.50. The number of hydrogen-bond donors (Lipinski definition) is 2. The number of methoxy groups -OCH3 is 1. The van der Waals surface area contributed by atoms with Crippen molar-refractivity contribution >= 4 is 31.9 Å². The fraction of sp³-hybridized carbons (Fsp3) is 0.462. The molecule has 2 N–H and O–H groups in total. The number of hydrogen-bond acceptors (Lipinski definition) is 4. The molecular formula is C13H16BrNO5S. The van der Waals surface area contributed by atoms with Gasteiger partial charge in [-0.2, -0.15) is 0 Å². The molecular weight excluding hydrogens is 362 g/mol. The van der Waals surface area contributed by atoms with Gasteiger partial charge in [0.2, 0.25) is 10.0 Å². The molecule has 1 aliphatic rings. The van der Waals surface area contributed by atoms with E-state index in [1.54, 1.807) is 6.07 Å². The van der Waals surface area contributed by atoms with Crippen LogP contribution in [0.5, 0.6) is 5.75 Å². The summed E-state index contributed by atoms with van der Waals surface area (Å²) in [6.45, 7) is 0. The summed E-state index contributed by atoms with van der Waals surface area (Å²) in [6, 6.07) is 3.85. The number of carboxylic acids is 1. The summed E-state index contributed by atoms with van der Waals surface area (Å²) >= 11 is 3.24. The number of benzene rings is 1. The van der Waals surface area contributed by atoms with E-state index in [1.807, 2.05) is 0 Å². The first kappa shape index (κ1) is 16.3. The van der Waals surface area contributed by atoms with E-state index in [-0.39, 0.29) is 17.2 Å². The van der Waals surface area contributed by atoms with E-state index in [4.69, 9.17) is 9.84 Å². The molecule has 2 rings (SSSR count). The summed E-state index contributed by atoms with van der Waals surface area (Å²) < 4.78 is 32.8. The number of carboxylic acid groups (broad SMARTS) is 1. The number of halogens is 1. The fourth-order valence-electron chi connectivity index (χ4n) is 2.07. The Morgan fingerprint density at radius 1 is 1.52 bits per heavy atom. The Kier molecular flexibility index (Phi) is 4.90. The van der Waals surface area contributed by atoms with Crippen LogP contribution in [0.3, 0.4) is 0 Å². The van der Waals surface area contributed by atoms with Gasteiger partial charge in [0, 0.05) is 6.04 Å². The summed E-state index contributed by atoms with van der Waals surface area (Å²) in [5.74, 6) is -0.374. The summed E-state index contributed by atoms with van der Waals surface area (Å²) in [7, 11) is -2.27. The molecule has 0 bridgehead atoms. The van der Waals surface area contributed by atoms with Crippen molar-refractivity contribution in [3.63, 3.8) is 0 Å². The number of rotatable bonds is 7. The zero-order chi connectivity index (χ0) is 15.6. The van der Waals surface area contributed by atoms with Gasteiger partial charge in [0.15, 0.2) is 0 Å². The zero-order valence-corrected chi connectivity index (χ0v) is 13.8. The minimum atomic E-state index is -3.76. The summed E-state index contributed by atoms with van der Waals surface area (Å²) in [5, 5.41) is 8.88. The molecule has 0 aliphatic heterocycles. The predicted molar refractivity (Wildman–Crippen MR) is 79.8 cm³/mol. The molecule has 6 nitrogen and oxygen atoms in total. The SMILES string of the molecule is COc1ccc(S(=O)(=O)NC(CC(=O)O)C2CC2)cc1Br. The van der Waals surface area contributed by atoms with Gasteiger partial charge in [0.1, 0.15) is 5.75 Å². The second kappa shape index (κ2) is 6.33. The Bertz CT molecular complexity index is 642. The van der Waals surface area contributed by atoms with Crippen molar-refractivity contribution in [1.29, 1.82) is 0 Å². The van der Waals surface area contributed by atoms with Crippen molar-refractivity contribution in [2.75, 3.05) is 7.11 Å². The number of carbonyl (C=O) groups is 1. The zero-order valence-electron chi connectivity index (χ0n) is 11.4. The molecule has 1 aromatic rings. The van der Waals surface area contributed by atoms with Crippen molar-refractivity contribution in [2.24, 2.45) is 5.92 Å². The largest absolute Gasteiger partial charge is 0.496 e. The molecule has 0 aromatic heterocycles. The van der Waals surface area contributed by atoms with Crippen LogP contribution in [0.25, 0.3) is 0 Å². The molecule has 0 radical (unpaired) electrons. The molecule has 1 atom stereocenters. The Morgan fingerprint density at radius 3 is 2.67 bits per heavy atom. The standard InChI is InChI=1S/C13H16BrNO5S/c1-20-12-5-4-9(6-10(12)14)21(18,19)15-11(7-13(16)17)8-2-3-8/h4-6,8,11,15H,2-3,7H2,1H3,(H,16,17). The lowest BCUT2D eigenvalue weighted by atomic mass is 10.1. The first-order valence-electron chi connectivity index (χ1n) is 6.41. The average Bonchev–Trinajstić information content (AvgIpc) is 3.21. The molecule has 8 heteroatoms. The van der Waals surface area contributed by atoms with Gasteiger partial charge >= 0.3 is 5.97 Å². The van der Waals surface area contributed by atoms with Crippen LogP contribution in [0.1, 0.15) is 19.3 Å². The fourth-order valence-corrected chi connectivity index (χ4v) is 4.10. The number of nitrogens with one attached hydrogen (secondary N) is 1. The maximum atomic E-state index is 12.3. The van der Waals surface area contributed by atoms with Crippen LogP contribution in [-0.2, 0) is 14.8 Å². The lowest BCUT2D eigenvalue weighted by Gasteiger charge is -2.16. The van der Waals surface area contributed by atoms with Gasteiger partial charge in [0.25, 0.3) is 0 Å². The molecule has 1 fully saturated rings. The van der Waals surface area contributed by atoms with Crippen LogP contribution in [0, 0.1) is 5.92 Å². The van der Waals surface area contributed by atoms with E-state index in [9.17, 15) is 13.2 Å². The van der Waals surface area contributed by atoms with Gasteiger partial charge in [-0.3, -0.25) is 4.79 Å². The lowest BCUT2D eigenvalue weighted by Crippen LogP contribution is -2.38. The van der Waals surface area contributed by atoms with Crippen LogP contribution in [0.2, 0.25) is 0 Å². The van der Waals surface area contributed by atoms with Crippen molar-refractivity contribution in [3.8, 4) is 5.75 Å². The Morgan fingerprint density at radius 2 is 2.19 bits per heavy atom. The number of ether oxygens (including phenoxy) is 1. The number of sulfonamides is 1. The first-order chi connectivity index (χ1) is 9.83. The molecule has 21 heavy (non-hydrogen) atoms. The molecule has 0 spiro atoms. The first-order valence-corrected chi connectivity index (χ1v) is 8.69. The molecule has 0 heterocycles. The molecule has 1 aliphatic carbocycles. The molecule has 1 aromatic carbocycles. The minimum absolute atomic E-state index is 0.0752. The summed E-state index contributed by atoms with van der Waals surface area (Å²) in [4.78, 5) is 10.9. The van der Waals surface area contributed by atoms with E-state index < -0.39 is 22.0 Å². The van der Waals surface area contributed by atoms with Crippen LogP contribution < -0.4 is 9.46 Å². The second-order valence-corrected chi connectivity index (χ2v) is 7.53. The quantitative estimate of drug-likeness (QED) is 0.757. The van der Waals surface area contributed by atoms with Crippen LogP contribution in [-0.4, -0.2) is 32.6 Å². The van der Waals surface area contributed by atoms with Crippen molar-refractivity contribution in [1.82, 2.24) is 4.72 Å². The van der Waals surface area contributed by atoms with E-state index in [2.05, 4.69) is 20.7 Å². The average molecular weight is 378 g/mol. The molecule has 116 valence electrons. The van der Waals surface area contributed by atoms with Crippen molar-refractivity contribution in [2.45, 2.75) is 30.2 Å². The molecule has 0 amide bonds. The van der Waals surface area contributed by atoms with E-state index in [1.165, 1.54) is 19.2 Å². The predicted octanol–water partition coefficient (Wildman–Crippen LogP) is 1.99. The van der Waals surface area contributed by atoms with Gasteiger partial charge < -0.3 is 9.84 Å². The third-order valence-corrected chi connectivity index (χ3v) is 5.43. The van der Waals surface area contributed by atoms with Gasteiger partial charge in [-0.15, -0.1) is 0 Å². The topological polar surface area (TPSA) is 92.7 Å². The highest BCUT2D eigenvalue weighted by atomic mass is 79.9. The number of aliphatic carboxylic acids is 1. The highest BCUT2D eigenvalue weighted by molar-refractivity contribution is 9.10. The van der Waals surface area contributed by atoms with E-state index in [0.717, 1.165) is 12.8 Å². The maximum absolute atomic E-state index is 12.3. The Labute approximate surface area is 131 Å². The molecule has 1 unspecified atom stereocenters. The molecule has 0 saturated heterocycles. The third kappa shape index (κ3) is 4.18. The smallest absolute Gasteiger partial charge is 0.304 e. The lowest BCUT2D eigenvalue weighted by molar-refractivity contribution is -0.137. The second-order valence-electron chi connectivity index (χ2n) is 4.96. The van der Waals surface area contributed by atoms with Crippen LogP contribution in [0.15, 0.2) is 27.6 Å². The van der Waals surface area contributed by atoms with Gasteiger partial charge in [-0.05, 0) is 52.9 Å². The third-order valence-electron chi connectivity index (χ3n) is 3.33. The van der Waals surface area contributed by atoms with Crippen molar-refractivity contribution < 1.29 is 23.1 Å². The van der Waals surface area contributed by atoms with Gasteiger partial charge in [0.05, 0.1) is 22.9 Å². The molecule has 1 saturated carbocycles. The van der Waals surface area contributed by atoms with Crippen molar-refractivity contribution in [3.05, 3.63) is 22.7 Å². The van der Waals surface area contributed by atoms with Crippen LogP contribution >= 0.6 is 15.9 Å². The minimum Gasteiger partial charge on any atom is -0.496 e. The highest BCUT2D eigenvalue weighted by Crippen LogP contribution is 2.35. The van der Waals surface area contributed by atoms with Crippen LogP contribution in [0.4, 0.5) is 0 Å². The highest BCUT2D eigenvalue weighted by Gasteiger charge is 2.35. The van der Waals surface area contributed by atoms with Gasteiger partial charge in [-0.25, -0.2) is 13.1 Å². The Hall–Kier alpha value is -1.12. The normalized spacial score (nSPS) is 16.5. The monoisotopic (exact) mass is 377 g/mol.